The number of amides is 2. The number of hydrogen-bond donors (Lipinski definition) is 1. The maximum atomic E-state index is 13.4. The number of nitrogens with zero attached hydrogens (tertiary/aromatic N) is 2. The Morgan fingerprint density at radius 1 is 0.941 bits per heavy atom. The molecule has 0 bridgehead atoms. The molecular formula is C25H20F3N3O3. The number of halogens is 3. The van der Waals surface area contributed by atoms with Gasteiger partial charge in [-0.1, -0.05) is 30.3 Å². The smallest absolute Gasteiger partial charge is 0.406 e. The van der Waals surface area contributed by atoms with Gasteiger partial charge in [-0.15, -0.1) is 13.2 Å². The zero-order chi connectivity index (χ0) is 24.5. The van der Waals surface area contributed by atoms with Gasteiger partial charge >= 0.3 is 6.36 Å². The first-order chi connectivity index (χ1) is 16.1. The molecule has 0 atom stereocenters. The van der Waals surface area contributed by atoms with E-state index >= 15 is 0 Å². The van der Waals surface area contributed by atoms with E-state index in [1.807, 2.05) is 19.9 Å². The van der Waals surface area contributed by atoms with Crippen molar-refractivity contribution in [2.24, 2.45) is 0 Å². The molecule has 2 heterocycles. The van der Waals surface area contributed by atoms with E-state index in [1.165, 1.54) is 12.1 Å². The van der Waals surface area contributed by atoms with E-state index in [1.54, 1.807) is 36.5 Å². The van der Waals surface area contributed by atoms with Crippen molar-refractivity contribution < 1.29 is 27.5 Å². The summed E-state index contributed by atoms with van der Waals surface area (Å²) in [6.45, 7) is 3.76. The predicted octanol–water partition coefficient (Wildman–Crippen LogP) is 4.99. The molecule has 0 saturated heterocycles. The van der Waals surface area contributed by atoms with Gasteiger partial charge in [0.2, 0.25) is 0 Å². The number of rotatable bonds is 6. The molecule has 4 rings (SSSR count). The molecule has 174 valence electrons. The first kappa shape index (κ1) is 23.0. The second kappa shape index (κ2) is 9.01. The lowest BCUT2D eigenvalue weighted by Gasteiger charge is -2.15. The number of aryl methyl sites for hydroxylation is 2. The average Bonchev–Trinajstić information content (AvgIpc) is 3.00. The summed E-state index contributed by atoms with van der Waals surface area (Å²) >= 11 is 0. The van der Waals surface area contributed by atoms with E-state index in [0.29, 0.717) is 11.3 Å². The number of carbonyl (C=O) groups is 2. The topological polar surface area (TPSA) is 71.5 Å². The van der Waals surface area contributed by atoms with Crippen LogP contribution < -0.4 is 10.1 Å². The van der Waals surface area contributed by atoms with Crippen LogP contribution in [0.25, 0.3) is 5.57 Å². The Hall–Kier alpha value is -4.14. The molecule has 1 aliphatic heterocycles. The van der Waals surface area contributed by atoms with Gasteiger partial charge in [0, 0.05) is 18.0 Å². The molecule has 3 aromatic rings. The molecular weight excluding hydrogens is 447 g/mol. The quantitative estimate of drug-likeness (QED) is 0.518. The monoisotopic (exact) mass is 467 g/mol. The van der Waals surface area contributed by atoms with E-state index in [-0.39, 0.29) is 23.5 Å². The molecule has 0 saturated carbocycles. The van der Waals surface area contributed by atoms with Crippen LogP contribution in [0.4, 0.5) is 18.9 Å². The number of alkyl halides is 3. The average molecular weight is 467 g/mol. The number of anilines is 1. The van der Waals surface area contributed by atoms with Gasteiger partial charge in [-0.05, 0) is 54.8 Å². The lowest BCUT2D eigenvalue weighted by molar-refractivity contribution is -0.274. The van der Waals surface area contributed by atoms with Crippen LogP contribution in [-0.4, -0.2) is 28.1 Å². The second-order valence-corrected chi connectivity index (χ2v) is 7.77. The standard InChI is InChI=1S/C25H20F3N3O3/c1-15-9-10-17(12-16(15)2)21-22(30-18-7-5-8-20(13-18)34-25(26,27)28)24(33)31(23(21)32)14-19-6-3-4-11-29-19/h3-13,30H,14H2,1-2H3. The summed E-state index contributed by atoms with van der Waals surface area (Å²) in [7, 11) is 0. The molecule has 2 aromatic carbocycles. The fourth-order valence-electron chi connectivity index (χ4n) is 3.57. The normalized spacial score (nSPS) is 14.1. The molecule has 0 fully saturated rings. The molecule has 0 aliphatic carbocycles. The Balaban J connectivity index is 1.74. The van der Waals surface area contributed by atoms with Gasteiger partial charge < -0.3 is 10.1 Å². The highest BCUT2D eigenvalue weighted by atomic mass is 19.4. The van der Waals surface area contributed by atoms with E-state index < -0.39 is 23.9 Å². The van der Waals surface area contributed by atoms with Crippen molar-refractivity contribution >= 4 is 23.1 Å². The zero-order valence-corrected chi connectivity index (χ0v) is 18.3. The zero-order valence-electron chi connectivity index (χ0n) is 18.3. The summed E-state index contributed by atoms with van der Waals surface area (Å²) in [6, 6.07) is 15.6. The van der Waals surface area contributed by atoms with Crippen LogP contribution in [0.2, 0.25) is 0 Å². The second-order valence-electron chi connectivity index (χ2n) is 7.77. The highest BCUT2D eigenvalue weighted by Crippen LogP contribution is 2.33. The molecule has 2 amide bonds. The minimum Gasteiger partial charge on any atom is -0.406 e. The van der Waals surface area contributed by atoms with Gasteiger partial charge in [-0.2, -0.15) is 0 Å². The van der Waals surface area contributed by atoms with Gasteiger partial charge in [0.05, 0.1) is 17.8 Å². The first-order valence-corrected chi connectivity index (χ1v) is 10.3. The van der Waals surface area contributed by atoms with Crippen LogP contribution in [0.1, 0.15) is 22.4 Å². The van der Waals surface area contributed by atoms with Crippen molar-refractivity contribution in [2.45, 2.75) is 26.8 Å². The molecule has 1 aliphatic rings. The molecule has 0 spiro atoms. The van der Waals surface area contributed by atoms with Gasteiger partial charge in [0.1, 0.15) is 11.4 Å². The highest BCUT2D eigenvalue weighted by Gasteiger charge is 2.39. The maximum absolute atomic E-state index is 13.4. The van der Waals surface area contributed by atoms with E-state index in [9.17, 15) is 22.8 Å². The van der Waals surface area contributed by atoms with Gasteiger partial charge in [-0.25, -0.2) is 0 Å². The van der Waals surface area contributed by atoms with Gasteiger partial charge in [0.25, 0.3) is 11.8 Å². The number of hydrogen-bond acceptors (Lipinski definition) is 5. The summed E-state index contributed by atoms with van der Waals surface area (Å²) in [4.78, 5) is 31.9. The van der Waals surface area contributed by atoms with Gasteiger partial charge in [-0.3, -0.25) is 19.5 Å². The molecule has 0 radical (unpaired) electrons. The largest absolute Gasteiger partial charge is 0.573 e. The lowest BCUT2D eigenvalue weighted by Crippen LogP contribution is -2.32. The molecule has 6 nitrogen and oxygen atoms in total. The van der Waals surface area contributed by atoms with Crippen molar-refractivity contribution in [1.82, 2.24) is 9.88 Å². The number of imide groups is 1. The number of aromatic nitrogens is 1. The molecule has 1 aromatic heterocycles. The number of nitrogens with one attached hydrogen (secondary N) is 1. The minimum atomic E-state index is -4.86. The maximum Gasteiger partial charge on any atom is 0.573 e. The fraction of sp³-hybridized carbons (Fsp3) is 0.160. The van der Waals surface area contributed by atoms with Crippen LogP contribution in [0.3, 0.4) is 0 Å². The molecule has 0 unspecified atom stereocenters. The minimum absolute atomic E-state index is 0.0339. The van der Waals surface area contributed by atoms with Gasteiger partial charge in [0.15, 0.2) is 0 Å². The highest BCUT2D eigenvalue weighted by molar-refractivity contribution is 6.36. The first-order valence-electron chi connectivity index (χ1n) is 10.3. The van der Waals surface area contributed by atoms with Crippen LogP contribution in [0.5, 0.6) is 5.75 Å². The molecule has 9 heteroatoms. The number of pyridine rings is 1. The van der Waals surface area contributed by atoms with Crippen LogP contribution >= 0.6 is 0 Å². The third-order valence-electron chi connectivity index (χ3n) is 5.35. The summed E-state index contributed by atoms with van der Waals surface area (Å²) in [5, 5.41) is 2.85. The van der Waals surface area contributed by atoms with Crippen LogP contribution in [0, 0.1) is 13.8 Å². The Morgan fingerprint density at radius 2 is 1.74 bits per heavy atom. The number of ether oxygens (including phenoxy) is 1. The Labute approximate surface area is 193 Å². The SMILES string of the molecule is Cc1ccc(C2=C(Nc3cccc(OC(F)(F)F)c3)C(=O)N(Cc3ccccn3)C2=O)cc1C. The Kier molecular flexibility index (Phi) is 6.10. The number of benzene rings is 2. The summed E-state index contributed by atoms with van der Waals surface area (Å²) in [6.07, 6.45) is -3.30. The predicted molar refractivity (Wildman–Crippen MR) is 119 cm³/mol. The van der Waals surface area contributed by atoms with E-state index in [2.05, 4.69) is 15.0 Å². The summed E-state index contributed by atoms with van der Waals surface area (Å²) in [5.41, 5.74) is 3.24. The number of carbonyl (C=O) groups excluding carboxylic acids is 2. The third kappa shape index (κ3) is 4.93. The van der Waals surface area contributed by atoms with E-state index in [0.717, 1.165) is 28.2 Å². The van der Waals surface area contributed by atoms with Crippen LogP contribution in [0.15, 0.2) is 72.6 Å². The van der Waals surface area contributed by atoms with Crippen LogP contribution in [-0.2, 0) is 16.1 Å². The lowest BCUT2D eigenvalue weighted by atomic mass is 9.99. The third-order valence-corrected chi connectivity index (χ3v) is 5.35. The van der Waals surface area contributed by atoms with Crippen molar-refractivity contribution in [3.8, 4) is 5.75 Å². The Morgan fingerprint density at radius 3 is 2.41 bits per heavy atom. The van der Waals surface area contributed by atoms with E-state index in [4.69, 9.17) is 0 Å². The van der Waals surface area contributed by atoms with Crippen molar-refractivity contribution in [3.05, 3.63) is 94.9 Å². The summed E-state index contributed by atoms with van der Waals surface area (Å²) < 4.78 is 41.9. The molecule has 34 heavy (non-hydrogen) atoms. The van der Waals surface area contributed by atoms with Crippen molar-refractivity contribution in [3.63, 3.8) is 0 Å². The summed E-state index contributed by atoms with van der Waals surface area (Å²) in [5.74, 6) is -1.58. The van der Waals surface area contributed by atoms with Crippen molar-refractivity contribution in [2.75, 3.05) is 5.32 Å². The Bertz CT molecular complexity index is 1290. The molecule has 1 N–H and O–H groups in total. The fourth-order valence-corrected chi connectivity index (χ4v) is 3.57. The van der Waals surface area contributed by atoms with Crippen molar-refractivity contribution in [1.29, 1.82) is 0 Å².